The van der Waals surface area contributed by atoms with Gasteiger partial charge in [0.05, 0.1) is 33.8 Å². The van der Waals surface area contributed by atoms with Crippen LogP contribution >= 0.6 is 7.82 Å². The Morgan fingerprint density at radius 1 is 0.474 bits per heavy atom. The molecular weight excluding hydrogens is 964 g/mol. The summed E-state index contributed by atoms with van der Waals surface area (Å²) in [5.74, 6) is -0.567. The molecule has 76 heavy (non-hydrogen) atoms. The first-order valence-corrected chi connectivity index (χ1v) is 32.9. The number of carbonyl (C=O) groups is 2. The van der Waals surface area contributed by atoms with Crippen molar-refractivity contribution in [2.24, 2.45) is 0 Å². The Balaban J connectivity index is 5.15. The van der Waals surface area contributed by atoms with Crippen molar-refractivity contribution in [2.45, 2.75) is 283 Å². The molecule has 0 fully saturated rings. The Morgan fingerprint density at radius 2 is 0.842 bits per heavy atom. The molecule has 0 saturated heterocycles. The monoisotopic (exact) mass is 1080 g/mol. The van der Waals surface area contributed by atoms with Crippen molar-refractivity contribution in [1.29, 1.82) is 0 Å². The number of ether oxygens (including phenoxy) is 1. The van der Waals surface area contributed by atoms with Crippen LogP contribution in [0.25, 0.3) is 0 Å². The Hall–Kier alpha value is -2.81. The molecule has 0 heterocycles. The average molecular weight is 1080 g/mol. The lowest BCUT2D eigenvalue weighted by molar-refractivity contribution is -0.870. The third kappa shape index (κ3) is 55.9. The van der Waals surface area contributed by atoms with Gasteiger partial charge >= 0.3 is 5.97 Å². The number of unbranched alkanes of at least 4 members (excludes halogenated alkanes) is 28. The van der Waals surface area contributed by atoms with Crippen molar-refractivity contribution in [1.82, 2.24) is 5.32 Å². The van der Waals surface area contributed by atoms with E-state index >= 15 is 0 Å². The lowest BCUT2D eigenvalue weighted by atomic mass is 10.0. The Labute approximate surface area is 469 Å². The van der Waals surface area contributed by atoms with E-state index in [0.717, 1.165) is 109 Å². The van der Waals surface area contributed by atoms with E-state index in [1.807, 2.05) is 33.3 Å². The van der Waals surface area contributed by atoms with Crippen molar-refractivity contribution >= 4 is 19.7 Å². The molecular formula is C66H119N2O7P. The van der Waals surface area contributed by atoms with Gasteiger partial charge in [0.1, 0.15) is 19.3 Å². The molecule has 0 saturated carbocycles. The van der Waals surface area contributed by atoms with E-state index < -0.39 is 26.6 Å². The van der Waals surface area contributed by atoms with Crippen molar-refractivity contribution in [3.05, 3.63) is 85.1 Å². The van der Waals surface area contributed by atoms with E-state index in [1.165, 1.54) is 122 Å². The highest BCUT2D eigenvalue weighted by atomic mass is 31.2. The van der Waals surface area contributed by atoms with Gasteiger partial charge < -0.3 is 28.5 Å². The van der Waals surface area contributed by atoms with Crippen molar-refractivity contribution in [2.75, 3.05) is 40.9 Å². The van der Waals surface area contributed by atoms with Crippen LogP contribution in [-0.2, 0) is 27.9 Å². The van der Waals surface area contributed by atoms with Crippen LogP contribution < -0.4 is 10.2 Å². The fourth-order valence-corrected chi connectivity index (χ4v) is 9.44. The second-order valence-electron chi connectivity index (χ2n) is 22.2. The highest BCUT2D eigenvalue weighted by Crippen LogP contribution is 2.38. The molecule has 440 valence electrons. The fourth-order valence-electron chi connectivity index (χ4n) is 8.72. The third-order valence-electron chi connectivity index (χ3n) is 13.6. The molecule has 0 aromatic carbocycles. The van der Waals surface area contributed by atoms with Crippen LogP contribution in [0.1, 0.15) is 271 Å². The molecule has 1 amide bonds. The first-order valence-electron chi connectivity index (χ1n) is 31.4. The van der Waals surface area contributed by atoms with Gasteiger partial charge in [-0.2, -0.15) is 0 Å². The minimum Gasteiger partial charge on any atom is -0.756 e. The molecule has 0 aromatic heterocycles. The molecule has 0 aliphatic carbocycles. The summed E-state index contributed by atoms with van der Waals surface area (Å²) in [6, 6.07) is -0.900. The second kappa shape index (κ2) is 55.5. The molecule has 0 aromatic rings. The summed E-state index contributed by atoms with van der Waals surface area (Å²) in [4.78, 5) is 39.9. The van der Waals surface area contributed by atoms with Gasteiger partial charge in [-0.3, -0.25) is 14.2 Å². The summed E-state index contributed by atoms with van der Waals surface area (Å²) >= 11 is 0. The zero-order valence-electron chi connectivity index (χ0n) is 50.2. The minimum absolute atomic E-state index is 0.0286. The first kappa shape index (κ1) is 73.2. The second-order valence-corrected chi connectivity index (χ2v) is 23.6. The first-order chi connectivity index (χ1) is 36.9. The van der Waals surface area contributed by atoms with E-state index in [1.54, 1.807) is 0 Å². The highest BCUT2D eigenvalue weighted by Gasteiger charge is 2.27. The van der Waals surface area contributed by atoms with Gasteiger partial charge in [0.2, 0.25) is 5.91 Å². The number of hydrogen-bond donors (Lipinski definition) is 1. The standard InChI is InChI=1S/C66H119N2O7P/c1-7-10-13-16-19-22-25-27-29-30-31-32-33-34-35-36-37-38-39-40-43-46-49-52-55-58-65(69)67-63(62-74-76(71,72)73-61-60-68(4,5)6)64(57-54-51-48-45-42-24-21-18-15-12-9-3)75-66(70)59-56-53-50-47-44-41-28-26-23-20-17-14-11-8-2/h10,13,19,22,27,29,31-32,34-35,41,44,54,57,63-64H,7-9,11-12,14-18,20-21,23-26,28,30,33,36-40,42-43,45-53,55-56,58-62H2,1-6H3,(H-,67,69,71,72)/b13-10-,22-19-,29-27-,32-31-,35-34-,44-41-,57-54-. The van der Waals surface area contributed by atoms with Gasteiger partial charge in [-0.1, -0.05) is 241 Å². The van der Waals surface area contributed by atoms with Crippen molar-refractivity contribution in [3.63, 3.8) is 0 Å². The molecule has 0 rings (SSSR count). The summed E-state index contributed by atoms with van der Waals surface area (Å²) < 4.78 is 30.3. The number of quaternary nitrogens is 1. The maximum Gasteiger partial charge on any atom is 0.306 e. The normalized spacial score (nSPS) is 14.2. The summed E-state index contributed by atoms with van der Waals surface area (Å²) in [7, 11) is 1.17. The largest absolute Gasteiger partial charge is 0.756 e. The fraction of sp³-hybridized carbons (Fsp3) is 0.758. The number of esters is 1. The maximum absolute atomic E-state index is 13.5. The molecule has 0 aliphatic heterocycles. The predicted molar refractivity (Wildman–Crippen MR) is 325 cm³/mol. The van der Waals surface area contributed by atoms with E-state index in [9.17, 15) is 19.0 Å². The number of phosphoric ester groups is 1. The van der Waals surface area contributed by atoms with Crippen molar-refractivity contribution in [3.8, 4) is 0 Å². The Morgan fingerprint density at radius 3 is 1.29 bits per heavy atom. The molecule has 0 radical (unpaired) electrons. The van der Waals surface area contributed by atoms with Crippen molar-refractivity contribution < 1.29 is 37.3 Å². The van der Waals surface area contributed by atoms with Crippen LogP contribution in [0.3, 0.4) is 0 Å². The quantitative estimate of drug-likeness (QED) is 0.0212. The van der Waals surface area contributed by atoms with E-state index in [0.29, 0.717) is 23.9 Å². The minimum atomic E-state index is -4.70. The predicted octanol–water partition coefficient (Wildman–Crippen LogP) is 18.8. The summed E-state index contributed by atoms with van der Waals surface area (Å²) in [5, 5.41) is 3.02. The number of phosphoric acid groups is 1. The molecule has 3 unspecified atom stereocenters. The number of carbonyl (C=O) groups excluding carboxylic acids is 2. The van der Waals surface area contributed by atoms with Crippen LogP contribution in [0.4, 0.5) is 0 Å². The van der Waals surface area contributed by atoms with Crippen LogP contribution in [-0.4, -0.2) is 69.4 Å². The van der Waals surface area contributed by atoms with Gasteiger partial charge in [-0.25, -0.2) is 0 Å². The number of nitrogens with one attached hydrogen (secondary N) is 1. The van der Waals surface area contributed by atoms with Crippen LogP contribution in [0, 0.1) is 0 Å². The Kier molecular flexibility index (Phi) is 53.5. The SMILES string of the molecule is CC/C=C\C/C=C\C/C=C\C/C=C\C/C=C\CCCCCCCCCCCC(=O)NC(COP(=O)([O-])OCC[N+](C)(C)C)C(/C=C\CCCCCCCCCCC)OC(=O)CCCCC/C=C\CCCCCCCCC. The average Bonchev–Trinajstić information content (AvgIpc) is 3.38. The van der Waals surface area contributed by atoms with Crippen LogP contribution in [0.2, 0.25) is 0 Å². The molecule has 3 atom stereocenters. The summed E-state index contributed by atoms with van der Waals surface area (Å²) in [5.41, 5.74) is 0. The number of likely N-dealkylation sites (N-methyl/N-ethyl adjacent to an activating group) is 1. The maximum atomic E-state index is 13.5. The molecule has 0 aliphatic rings. The molecule has 0 spiro atoms. The molecule has 0 bridgehead atoms. The van der Waals surface area contributed by atoms with Crippen LogP contribution in [0.15, 0.2) is 85.1 Å². The van der Waals surface area contributed by atoms with Gasteiger partial charge in [-0.15, -0.1) is 0 Å². The third-order valence-corrected chi connectivity index (χ3v) is 14.5. The smallest absolute Gasteiger partial charge is 0.306 e. The molecule has 10 heteroatoms. The van der Waals surface area contributed by atoms with E-state index in [4.69, 9.17) is 13.8 Å². The van der Waals surface area contributed by atoms with Gasteiger partial charge in [-0.05, 0) is 102 Å². The Bertz CT molecular complexity index is 1580. The highest BCUT2D eigenvalue weighted by molar-refractivity contribution is 7.45. The van der Waals surface area contributed by atoms with E-state index in [2.05, 4.69) is 99.0 Å². The zero-order valence-corrected chi connectivity index (χ0v) is 51.1. The van der Waals surface area contributed by atoms with Crippen LogP contribution in [0.5, 0.6) is 0 Å². The number of amides is 1. The number of nitrogens with zero attached hydrogens (tertiary/aromatic N) is 1. The number of hydrogen-bond acceptors (Lipinski definition) is 7. The number of rotatable bonds is 56. The van der Waals surface area contributed by atoms with Gasteiger partial charge in [0.15, 0.2) is 0 Å². The number of allylic oxidation sites excluding steroid dienone is 13. The summed E-state index contributed by atoms with van der Waals surface area (Å²) in [6.45, 7) is 6.71. The lowest BCUT2D eigenvalue weighted by Crippen LogP contribution is -2.47. The topological polar surface area (TPSA) is 114 Å². The van der Waals surface area contributed by atoms with E-state index in [-0.39, 0.29) is 24.9 Å². The van der Waals surface area contributed by atoms with Gasteiger partial charge in [0, 0.05) is 12.8 Å². The molecule has 9 nitrogen and oxygen atoms in total. The summed E-state index contributed by atoms with van der Waals surface area (Å²) in [6.07, 6.45) is 72.7. The zero-order chi connectivity index (χ0) is 55.7. The van der Waals surface area contributed by atoms with Gasteiger partial charge in [0.25, 0.3) is 7.82 Å². The lowest BCUT2D eigenvalue weighted by Gasteiger charge is -2.30. The molecule has 1 N–H and O–H groups in total.